The van der Waals surface area contributed by atoms with Gasteiger partial charge in [-0.15, -0.1) is 0 Å². The first-order chi connectivity index (χ1) is 13.0. The number of hydrogen-bond acceptors (Lipinski definition) is 4. The molecule has 0 spiro atoms. The fraction of sp³-hybridized carbons (Fsp3) is 0.300. The Balaban J connectivity index is 1.97. The van der Waals surface area contributed by atoms with Crippen LogP contribution in [0.5, 0.6) is 0 Å². The fourth-order valence-corrected chi connectivity index (χ4v) is 3.86. The number of halogens is 2. The molecular weight excluding hydrogens is 368 g/mol. The van der Waals surface area contributed by atoms with Gasteiger partial charge in [-0.1, -0.05) is 37.3 Å². The van der Waals surface area contributed by atoms with Crippen molar-refractivity contribution >= 4 is 32.6 Å². The Morgan fingerprint density at radius 1 is 1.07 bits per heavy atom. The van der Waals surface area contributed by atoms with Crippen LogP contribution < -0.4 is 4.90 Å². The number of thiazole rings is 1. The molecule has 1 amide bonds. The molecule has 3 aromatic rings. The smallest absolute Gasteiger partial charge is 0.263 e. The predicted octanol–water partition coefficient (Wildman–Crippen LogP) is 4.56. The number of rotatable bonds is 7. The molecule has 142 valence electrons. The molecule has 0 radical (unpaired) electrons. The largest absolute Gasteiger partial charge is 0.302 e. The van der Waals surface area contributed by atoms with Crippen LogP contribution in [0.4, 0.5) is 13.9 Å². The Labute approximate surface area is 161 Å². The van der Waals surface area contributed by atoms with Crippen LogP contribution >= 0.6 is 11.3 Å². The van der Waals surface area contributed by atoms with Crippen LogP contribution in [0.15, 0.2) is 42.5 Å². The molecule has 0 saturated carbocycles. The molecule has 27 heavy (non-hydrogen) atoms. The van der Waals surface area contributed by atoms with E-state index >= 15 is 0 Å². The number of likely N-dealkylation sites (N-methyl/N-ethyl adjacent to an activating group) is 1. The number of benzene rings is 2. The average Bonchev–Trinajstić information content (AvgIpc) is 3.08. The maximum Gasteiger partial charge on any atom is 0.263 e. The van der Waals surface area contributed by atoms with Crippen molar-refractivity contribution in [2.75, 3.05) is 31.1 Å². The van der Waals surface area contributed by atoms with Crippen molar-refractivity contribution in [2.24, 2.45) is 0 Å². The molecule has 0 saturated heterocycles. The number of carbonyl (C=O) groups excluding carboxylic acids is 1. The van der Waals surface area contributed by atoms with Gasteiger partial charge in [0.1, 0.15) is 11.6 Å². The van der Waals surface area contributed by atoms with Crippen molar-refractivity contribution in [3.05, 3.63) is 59.7 Å². The predicted molar refractivity (Wildman–Crippen MR) is 105 cm³/mol. The molecule has 2 aromatic carbocycles. The molecular formula is C20H21F2N3OS. The fourth-order valence-electron chi connectivity index (χ4n) is 2.85. The lowest BCUT2D eigenvalue weighted by molar-refractivity contribution is 0.0980. The van der Waals surface area contributed by atoms with Gasteiger partial charge in [-0.25, -0.2) is 13.8 Å². The highest BCUT2D eigenvalue weighted by atomic mass is 32.1. The first-order valence-electron chi connectivity index (χ1n) is 8.88. The summed E-state index contributed by atoms with van der Waals surface area (Å²) < 4.78 is 28.3. The summed E-state index contributed by atoms with van der Waals surface area (Å²) in [7, 11) is 0. The van der Waals surface area contributed by atoms with Crippen LogP contribution in [0.2, 0.25) is 0 Å². The second kappa shape index (κ2) is 8.54. The van der Waals surface area contributed by atoms with Gasteiger partial charge in [0.25, 0.3) is 5.91 Å². The van der Waals surface area contributed by atoms with Crippen LogP contribution in [0.3, 0.4) is 0 Å². The first kappa shape index (κ1) is 19.4. The lowest BCUT2D eigenvalue weighted by atomic mass is 10.2. The Bertz CT molecular complexity index is 940. The van der Waals surface area contributed by atoms with Gasteiger partial charge in [-0.2, -0.15) is 0 Å². The van der Waals surface area contributed by atoms with Crippen LogP contribution in [-0.4, -0.2) is 42.0 Å². The molecule has 4 nitrogen and oxygen atoms in total. The van der Waals surface area contributed by atoms with E-state index in [1.54, 1.807) is 18.2 Å². The number of aromatic nitrogens is 1. The maximum absolute atomic E-state index is 14.2. The van der Waals surface area contributed by atoms with Gasteiger partial charge >= 0.3 is 0 Å². The van der Waals surface area contributed by atoms with Gasteiger partial charge in [0.05, 0.1) is 15.8 Å². The summed E-state index contributed by atoms with van der Waals surface area (Å²) in [4.78, 5) is 21.2. The zero-order valence-electron chi connectivity index (χ0n) is 15.3. The number of nitrogens with zero attached hydrogens (tertiary/aromatic N) is 3. The topological polar surface area (TPSA) is 36.4 Å². The molecule has 0 aliphatic carbocycles. The SMILES string of the molecule is CCN(CC)CCN(C(=O)c1ccccc1F)c1nc2ccc(F)cc2s1. The highest BCUT2D eigenvalue weighted by Gasteiger charge is 2.24. The number of anilines is 1. The molecule has 0 atom stereocenters. The second-order valence-corrected chi connectivity index (χ2v) is 7.08. The van der Waals surface area contributed by atoms with Crippen molar-refractivity contribution in [2.45, 2.75) is 13.8 Å². The van der Waals surface area contributed by atoms with E-state index in [1.807, 2.05) is 13.8 Å². The minimum Gasteiger partial charge on any atom is -0.302 e. The number of hydrogen-bond donors (Lipinski definition) is 0. The molecule has 7 heteroatoms. The minimum absolute atomic E-state index is 0.00230. The number of amides is 1. The first-order valence-corrected chi connectivity index (χ1v) is 9.70. The van der Waals surface area contributed by atoms with E-state index < -0.39 is 11.7 Å². The Hall–Kier alpha value is -2.38. The Kier molecular flexibility index (Phi) is 6.13. The van der Waals surface area contributed by atoms with E-state index in [1.165, 1.54) is 40.5 Å². The van der Waals surface area contributed by atoms with Crippen molar-refractivity contribution in [1.29, 1.82) is 0 Å². The van der Waals surface area contributed by atoms with E-state index in [0.717, 1.165) is 13.1 Å². The third-order valence-electron chi connectivity index (χ3n) is 4.45. The monoisotopic (exact) mass is 389 g/mol. The van der Waals surface area contributed by atoms with E-state index in [2.05, 4.69) is 9.88 Å². The van der Waals surface area contributed by atoms with Crippen LogP contribution in [-0.2, 0) is 0 Å². The van der Waals surface area contributed by atoms with Crippen molar-refractivity contribution < 1.29 is 13.6 Å². The van der Waals surface area contributed by atoms with E-state index in [-0.39, 0.29) is 11.4 Å². The molecule has 0 N–H and O–H groups in total. The summed E-state index contributed by atoms with van der Waals surface area (Å²) in [6, 6.07) is 10.2. The van der Waals surface area contributed by atoms with Gasteiger partial charge in [0.2, 0.25) is 0 Å². The van der Waals surface area contributed by atoms with Crippen LogP contribution in [0.1, 0.15) is 24.2 Å². The molecule has 0 aliphatic heterocycles. The lowest BCUT2D eigenvalue weighted by Crippen LogP contribution is -2.39. The quantitative estimate of drug-likeness (QED) is 0.594. The summed E-state index contributed by atoms with van der Waals surface area (Å²) in [6.45, 7) is 6.81. The normalized spacial score (nSPS) is 11.3. The lowest BCUT2D eigenvalue weighted by Gasteiger charge is -2.24. The summed E-state index contributed by atoms with van der Waals surface area (Å²) in [5.41, 5.74) is 0.619. The summed E-state index contributed by atoms with van der Waals surface area (Å²) >= 11 is 1.23. The Morgan fingerprint density at radius 3 is 2.52 bits per heavy atom. The van der Waals surface area contributed by atoms with Crippen molar-refractivity contribution in [3.8, 4) is 0 Å². The third-order valence-corrected chi connectivity index (χ3v) is 5.49. The molecule has 0 fully saturated rings. The van der Waals surface area contributed by atoms with Gasteiger partial charge < -0.3 is 4.90 Å². The molecule has 0 aliphatic rings. The van der Waals surface area contributed by atoms with Gasteiger partial charge in [-0.3, -0.25) is 9.69 Å². The maximum atomic E-state index is 14.2. The van der Waals surface area contributed by atoms with Crippen LogP contribution in [0.25, 0.3) is 10.2 Å². The van der Waals surface area contributed by atoms with Crippen molar-refractivity contribution in [3.63, 3.8) is 0 Å². The molecule has 0 unspecified atom stereocenters. The zero-order valence-corrected chi connectivity index (χ0v) is 16.1. The van der Waals surface area contributed by atoms with Crippen LogP contribution in [0, 0.1) is 11.6 Å². The molecule has 3 rings (SSSR count). The zero-order chi connectivity index (χ0) is 19.4. The second-order valence-electron chi connectivity index (χ2n) is 6.07. The number of carbonyl (C=O) groups is 1. The van der Waals surface area contributed by atoms with E-state index in [4.69, 9.17) is 0 Å². The molecule has 0 bridgehead atoms. The van der Waals surface area contributed by atoms with Gasteiger partial charge in [-0.05, 0) is 43.4 Å². The molecule has 1 aromatic heterocycles. The standard InChI is InChI=1S/C20H21F2N3OS/c1-3-24(4-2)11-12-25(19(26)15-7-5-6-8-16(15)22)20-23-17-10-9-14(21)13-18(17)27-20/h5-10,13H,3-4,11-12H2,1-2H3. The average molecular weight is 389 g/mol. The number of fused-ring (bicyclic) bond motifs is 1. The van der Waals surface area contributed by atoms with Crippen molar-refractivity contribution in [1.82, 2.24) is 9.88 Å². The summed E-state index contributed by atoms with van der Waals surface area (Å²) in [6.07, 6.45) is 0. The minimum atomic E-state index is -0.567. The van der Waals surface area contributed by atoms with E-state index in [9.17, 15) is 13.6 Å². The summed E-state index contributed by atoms with van der Waals surface area (Å²) in [5, 5.41) is 0.441. The molecule has 1 heterocycles. The third kappa shape index (κ3) is 4.31. The van der Waals surface area contributed by atoms with Gasteiger partial charge in [0, 0.05) is 13.1 Å². The highest BCUT2D eigenvalue weighted by molar-refractivity contribution is 7.22. The summed E-state index contributed by atoms with van der Waals surface area (Å²) in [5.74, 6) is -1.37. The van der Waals surface area contributed by atoms with E-state index in [0.29, 0.717) is 28.4 Å². The highest BCUT2D eigenvalue weighted by Crippen LogP contribution is 2.30. The Morgan fingerprint density at radius 2 is 1.81 bits per heavy atom. The van der Waals surface area contributed by atoms with Gasteiger partial charge in [0.15, 0.2) is 5.13 Å².